The van der Waals surface area contributed by atoms with Gasteiger partial charge in [0.15, 0.2) is 5.96 Å². The van der Waals surface area contributed by atoms with Crippen LogP contribution in [0.3, 0.4) is 0 Å². The Labute approximate surface area is 151 Å². The second-order valence-electron chi connectivity index (χ2n) is 5.11. The Morgan fingerprint density at radius 1 is 1.50 bits per heavy atom. The van der Waals surface area contributed by atoms with Crippen LogP contribution >= 0.6 is 24.2 Å². The number of benzene rings is 1. The molecule has 5 N–H and O–H groups in total. The maximum Gasteiger partial charge on any atom is 0.248 e. The van der Waals surface area contributed by atoms with Crippen LogP contribution in [-0.2, 0) is 4.79 Å². The zero-order chi connectivity index (χ0) is 17.7. The van der Waals surface area contributed by atoms with Crippen LogP contribution in [0.1, 0.15) is 12.0 Å². The Bertz CT molecular complexity index is 676. The lowest BCUT2D eigenvalue weighted by Gasteiger charge is -2.36. The number of ether oxygens (including phenoxy) is 1. The van der Waals surface area contributed by atoms with Gasteiger partial charge in [0, 0.05) is 29.8 Å². The molecule has 1 aromatic carbocycles. The number of hydrogen-bond donors (Lipinski definition) is 4. The van der Waals surface area contributed by atoms with Gasteiger partial charge in [-0.05, 0) is 24.6 Å². The van der Waals surface area contributed by atoms with Gasteiger partial charge in [0.25, 0.3) is 0 Å². The van der Waals surface area contributed by atoms with Gasteiger partial charge < -0.3 is 26.4 Å². The number of thiol groups is 1. The number of guanidine groups is 1. The number of halogens is 1. The van der Waals surface area contributed by atoms with E-state index in [0.717, 1.165) is 5.56 Å². The molecular formula is C15H20ClN5O2S. The molecule has 1 aromatic rings. The molecule has 0 fully saturated rings. The summed E-state index contributed by atoms with van der Waals surface area (Å²) in [4.78, 5) is 17.8. The van der Waals surface area contributed by atoms with Crippen LogP contribution in [0.15, 0.2) is 29.3 Å². The second kappa shape index (κ2) is 8.16. The number of rotatable bonds is 6. The first-order valence-electron chi connectivity index (χ1n) is 7.28. The third kappa shape index (κ3) is 4.48. The highest BCUT2D eigenvalue weighted by molar-refractivity contribution is 7.80. The number of nitrogens with one attached hydrogen (secondary N) is 1. The van der Waals surface area contributed by atoms with E-state index in [1.807, 2.05) is 4.90 Å². The van der Waals surface area contributed by atoms with Crippen molar-refractivity contribution in [2.24, 2.45) is 16.5 Å². The Hall–Kier alpha value is -2.06. The third-order valence-electron chi connectivity index (χ3n) is 3.43. The van der Waals surface area contributed by atoms with E-state index in [0.29, 0.717) is 36.0 Å². The molecule has 0 saturated heterocycles. The van der Waals surface area contributed by atoms with Gasteiger partial charge in [0.1, 0.15) is 11.2 Å². The molecule has 1 unspecified atom stereocenters. The summed E-state index contributed by atoms with van der Waals surface area (Å²) in [5, 5.41) is 3.30. The first-order chi connectivity index (χ1) is 11.4. The Balaban J connectivity index is 2.30. The molecule has 0 aliphatic carbocycles. The summed E-state index contributed by atoms with van der Waals surface area (Å²) in [6.45, 7) is 1.07. The maximum atomic E-state index is 11.9. The molecule has 0 aromatic heterocycles. The van der Waals surface area contributed by atoms with Crippen molar-refractivity contribution in [1.29, 1.82) is 0 Å². The minimum Gasteiger partial charge on any atom is -0.496 e. The Kier molecular flexibility index (Phi) is 6.22. The van der Waals surface area contributed by atoms with E-state index in [1.165, 1.54) is 6.08 Å². The highest BCUT2D eigenvalue weighted by Crippen LogP contribution is 2.33. The monoisotopic (exact) mass is 369 g/mol. The fraction of sp³-hybridized carbons (Fsp3) is 0.333. The number of nitrogens with two attached hydrogens (primary N) is 2. The second-order valence-corrected chi connectivity index (χ2v) is 6.04. The molecular weight excluding hydrogens is 350 g/mol. The number of hydrogen-bond acceptors (Lipinski definition) is 5. The summed E-state index contributed by atoms with van der Waals surface area (Å²) in [5.74, 6) is 0.444. The van der Waals surface area contributed by atoms with Gasteiger partial charge in [-0.15, -0.1) is 12.6 Å². The topological polar surface area (TPSA) is 106 Å². The first kappa shape index (κ1) is 18.3. The van der Waals surface area contributed by atoms with Crippen LogP contribution in [0, 0.1) is 0 Å². The number of methoxy groups -OCH3 is 1. The van der Waals surface area contributed by atoms with Crippen LogP contribution < -0.4 is 21.5 Å². The summed E-state index contributed by atoms with van der Waals surface area (Å²) in [5.41, 5.74) is 11.6. The number of amides is 1. The SMILES string of the molecule is COc1ccc(Cl)cc1C1=CC(=O)NC(S)N1CCCN=C(N)N. The molecule has 2 rings (SSSR count). The van der Waals surface area contributed by atoms with Gasteiger partial charge in [0.2, 0.25) is 5.91 Å². The summed E-state index contributed by atoms with van der Waals surface area (Å²) in [6.07, 6.45) is 2.19. The minimum atomic E-state index is -0.472. The molecule has 0 radical (unpaired) electrons. The number of aliphatic imine (C=N–C) groups is 1. The summed E-state index contributed by atoms with van der Waals surface area (Å²) in [6, 6.07) is 5.25. The van der Waals surface area contributed by atoms with E-state index < -0.39 is 5.50 Å². The molecule has 1 amide bonds. The molecule has 1 atom stereocenters. The Morgan fingerprint density at radius 3 is 2.92 bits per heavy atom. The van der Waals surface area contributed by atoms with E-state index in [4.69, 9.17) is 27.8 Å². The average Bonchev–Trinajstić information content (AvgIpc) is 2.52. The molecule has 0 bridgehead atoms. The lowest BCUT2D eigenvalue weighted by atomic mass is 10.1. The van der Waals surface area contributed by atoms with Crippen molar-refractivity contribution in [3.05, 3.63) is 34.9 Å². The van der Waals surface area contributed by atoms with E-state index >= 15 is 0 Å². The zero-order valence-corrected chi connectivity index (χ0v) is 14.8. The summed E-state index contributed by atoms with van der Waals surface area (Å²) < 4.78 is 5.39. The zero-order valence-electron chi connectivity index (χ0n) is 13.2. The van der Waals surface area contributed by atoms with Crippen molar-refractivity contribution >= 4 is 41.8 Å². The van der Waals surface area contributed by atoms with Crippen LogP contribution in [0.5, 0.6) is 5.75 Å². The smallest absolute Gasteiger partial charge is 0.248 e. The molecule has 1 aliphatic rings. The van der Waals surface area contributed by atoms with E-state index in [2.05, 4.69) is 22.9 Å². The highest BCUT2D eigenvalue weighted by atomic mass is 35.5. The first-order valence-corrected chi connectivity index (χ1v) is 8.18. The average molecular weight is 370 g/mol. The molecule has 1 heterocycles. The maximum absolute atomic E-state index is 11.9. The van der Waals surface area contributed by atoms with Gasteiger partial charge in [0.05, 0.1) is 12.8 Å². The lowest BCUT2D eigenvalue weighted by Crippen LogP contribution is -2.47. The molecule has 0 saturated carbocycles. The van der Waals surface area contributed by atoms with Gasteiger partial charge >= 0.3 is 0 Å². The van der Waals surface area contributed by atoms with Crippen LogP contribution in [0.4, 0.5) is 0 Å². The minimum absolute atomic E-state index is 0.0525. The normalized spacial score (nSPS) is 17.1. The van der Waals surface area contributed by atoms with E-state index in [9.17, 15) is 4.79 Å². The molecule has 130 valence electrons. The quantitative estimate of drug-likeness (QED) is 0.259. The van der Waals surface area contributed by atoms with Crippen LogP contribution in [0.25, 0.3) is 5.70 Å². The molecule has 7 nitrogen and oxygen atoms in total. The van der Waals surface area contributed by atoms with Crippen molar-refractivity contribution in [2.75, 3.05) is 20.2 Å². The van der Waals surface area contributed by atoms with Gasteiger partial charge in [-0.1, -0.05) is 11.6 Å². The Morgan fingerprint density at radius 2 is 2.25 bits per heavy atom. The largest absolute Gasteiger partial charge is 0.496 e. The lowest BCUT2D eigenvalue weighted by molar-refractivity contribution is -0.117. The van der Waals surface area contributed by atoms with Crippen molar-refractivity contribution in [3.8, 4) is 5.75 Å². The van der Waals surface area contributed by atoms with E-state index in [1.54, 1.807) is 25.3 Å². The molecule has 0 spiro atoms. The number of nitrogens with zero attached hydrogens (tertiary/aromatic N) is 2. The number of carbonyl (C=O) groups excluding carboxylic acids is 1. The van der Waals surface area contributed by atoms with Gasteiger partial charge in [-0.2, -0.15) is 0 Å². The van der Waals surface area contributed by atoms with Crippen molar-refractivity contribution in [1.82, 2.24) is 10.2 Å². The highest BCUT2D eigenvalue weighted by Gasteiger charge is 2.27. The van der Waals surface area contributed by atoms with E-state index in [-0.39, 0.29) is 11.9 Å². The van der Waals surface area contributed by atoms with Crippen molar-refractivity contribution < 1.29 is 9.53 Å². The molecule has 9 heteroatoms. The fourth-order valence-corrected chi connectivity index (χ4v) is 2.93. The van der Waals surface area contributed by atoms with Gasteiger partial charge in [-0.25, -0.2) is 0 Å². The molecule has 24 heavy (non-hydrogen) atoms. The fourth-order valence-electron chi connectivity index (χ4n) is 2.39. The third-order valence-corrected chi connectivity index (χ3v) is 4.08. The standard InChI is InChI=1S/C15H20ClN5O2S/c1-23-12-4-3-9(16)7-10(12)11-8-13(22)20-15(24)21(11)6-2-5-19-14(17)18/h3-4,7-8,15,24H,2,5-6H2,1H3,(H,20,22)(H4,17,18,19). The summed E-state index contributed by atoms with van der Waals surface area (Å²) >= 11 is 10.6. The van der Waals surface area contributed by atoms with Gasteiger partial charge in [-0.3, -0.25) is 9.79 Å². The van der Waals surface area contributed by atoms with Crippen molar-refractivity contribution in [3.63, 3.8) is 0 Å². The van der Waals surface area contributed by atoms with Crippen molar-refractivity contribution in [2.45, 2.75) is 11.9 Å². The summed E-state index contributed by atoms with van der Waals surface area (Å²) in [7, 11) is 1.57. The van der Waals surface area contributed by atoms with Crippen LogP contribution in [0.2, 0.25) is 5.02 Å². The molecule has 1 aliphatic heterocycles. The number of carbonyl (C=O) groups is 1. The van der Waals surface area contributed by atoms with Crippen LogP contribution in [-0.4, -0.2) is 42.5 Å². The predicted molar refractivity (Wildman–Crippen MR) is 98.9 cm³/mol. The predicted octanol–water partition coefficient (Wildman–Crippen LogP) is 0.998.